The lowest BCUT2D eigenvalue weighted by Crippen LogP contribution is -2.25. The molecule has 1 aromatic carbocycles. The summed E-state index contributed by atoms with van der Waals surface area (Å²) in [5.41, 5.74) is 8.33. The van der Waals surface area contributed by atoms with Crippen LogP contribution in [0, 0.1) is 11.3 Å². The van der Waals surface area contributed by atoms with Crippen LogP contribution in [0.15, 0.2) is 18.2 Å². The molecule has 3 rings (SSSR count). The first-order valence-electron chi connectivity index (χ1n) is 6.55. The summed E-state index contributed by atoms with van der Waals surface area (Å²) in [6, 6.07) is 7.58. The number of aromatic nitrogens is 2. The largest absolute Gasteiger partial charge is 0.376 e. The minimum atomic E-state index is 0.194. The highest BCUT2D eigenvalue weighted by molar-refractivity contribution is 5.79. The van der Waals surface area contributed by atoms with Crippen molar-refractivity contribution >= 4 is 17.0 Å². The van der Waals surface area contributed by atoms with Gasteiger partial charge in [-0.2, -0.15) is 5.26 Å². The Morgan fingerprint density at radius 1 is 1.47 bits per heavy atom. The van der Waals surface area contributed by atoms with Gasteiger partial charge in [0.2, 0.25) is 5.95 Å². The monoisotopic (exact) mass is 256 g/mol. The van der Waals surface area contributed by atoms with E-state index in [1.165, 1.54) is 6.42 Å². The first-order chi connectivity index (χ1) is 9.28. The molecule has 1 saturated heterocycles. The van der Waals surface area contributed by atoms with Crippen molar-refractivity contribution in [1.29, 1.82) is 5.26 Å². The number of benzene rings is 1. The maximum atomic E-state index is 8.98. The van der Waals surface area contributed by atoms with Crippen LogP contribution < -0.4 is 5.73 Å². The highest BCUT2D eigenvalue weighted by Gasteiger charge is 2.17. The summed E-state index contributed by atoms with van der Waals surface area (Å²) in [7, 11) is 0. The lowest BCUT2D eigenvalue weighted by Gasteiger charge is -2.23. The molecule has 0 saturated carbocycles. The van der Waals surface area contributed by atoms with E-state index in [2.05, 4.69) is 11.1 Å². The van der Waals surface area contributed by atoms with Crippen molar-refractivity contribution in [3.8, 4) is 6.07 Å². The summed E-state index contributed by atoms with van der Waals surface area (Å²) in [6.45, 7) is 1.53. The number of ether oxygens (including phenoxy) is 1. The predicted molar refractivity (Wildman–Crippen MR) is 72.5 cm³/mol. The third-order valence-electron chi connectivity index (χ3n) is 3.57. The average molecular weight is 256 g/mol. The number of imidazole rings is 1. The lowest BCUT2D eigenvalue weighted by molar-refractivity contribution is 0.00694. The molecule has 1 aliphatic heterocycles. The third kappa shape index (κ3) is 2.27. The summed E-state index contributed by atoms with van der Waals surface area (Å²) in [5, 5.41) is 8.98. The first kappa shape index (κ1) is 12.0. The van der Waals surface area contributed by atoms with E-state index in [0.717, 1.165) is 30.5 Å². The number of rotatable bonds is 2. The molecule has 1 unspecified atom stereocenters. The average Bonchev–Trinajstić information content (AvgIpc) is 2.76. The maximum absolute atomic E-state index is 8.98. The molecule has 2 heterocycles. The van der Waals surface area contributed by atoms with E-state index in [0.29, 0.717) is 18.1 Å². The van der Waals surface area contributed by atoms with E-state index in [-0.39, 0.29) is 6.10 Å². The van der Waals surface area contributed by atoms with E-state index < -0.39 is 0 Å². The normalized spacial score (nSPS) is 19.4. The number of nitriles is 1. The molecule has 2 aromatic rings. The van der Waals surface area contributed by atoms with Crippen LogP contribution in [0.5, 0.6) is 0 Å². The Morgan fingerprint density at radius 3 is 3.11 bits per heavy atom. The van der Waals surface area contributed by atoms with Crippen molar-refractivity contribution in [3.63, 3.8) is 0 Å². The van der Waals surface area contributed by atoms with Crippen molar-refractivity contribution in [2.24, 2.45) is 0 Å². The quantitative estimate of drug-likeness (QED) is 0.892. The molecule has 5 nitrogen and oxygen atoms in total. The fourth-order valence-electron chi connectivity index (χ4n) is 2.56. The van der Waals surface area contributed by atoms with Gasteiger partial charge in [0.1, 0.15) is 0 Å². The van der Waals surface area contributed by atoms with Gasteiger partial charge in [0, 0.05) is 6.61 Å². The van der Waals surface area contributed by atoms with Gasteiger partial charge in [-0.05, 0) is 37.5 Å². The van der Waals surface area contributed by atoms with Gasteiger partial charge in [0.15, 0.2) is 0 Å². The Morgan fingerprint density at radius 2 is 2.37 bits per heavy atom. The summed E-state index contributed by atoms with van der Waals surface area (Å²) in [6.07, 6.45) is 3.58. The molecule has 0 spiro atoms. The Kier molecular flexibility index (Phi) is 3.10. The zero-order valence-electron chi connectivity index (χ0n) is 10.7. The van der Waals surface area contributed by atoms with Gasteiger partial charge >= 0.3 is 0 Å². The van der Waals surface area contributed by atoms with Crippen molar-refractivity contribution in [2.75, 3.05) is 12.3 Å². The molecule has 1 atom stereocenters. The van der Waals surface area contributed by atoms with E-state index in [1.807, 2.05) is 16.7 Å². The molecule has 0 aliphatic carbocycles. The van der Waals surface area contributed by atoms with Crippen LogP contribution in [-0.2, 0) is 11.3 Å². The molecule has 19 heavy (non-hydrogen) atoms. The number of hydrogen-bond acceptors (Lipinski definition) is 4. The molecule has 5 heteroatoms. The summed E-state index contributed by atoms with van der Waals surface area (Å²) < 4.78 is 7.69. The summed E-state index contributed by atoms with van der Waals surface area (Å²) in [5.74, 6) is 0.485. The van der Waals surface area contributed by atoms with Crippen molar-refractivity contribution in [3.05, 3.63) is 23.8 Å². The van der Waals surface area contributed by atoms with Crippen LogP contribution in [-0.4, -0.2) is 22.3 Å². The Balaban J connectivity index is 1.97. The van der Waals surface area contributed by atoms with Gasteiger partial charge in [-0.15, -0.1) is 0 Å². The van der Waals surface area contributed by atoms with Crippen LogP contribution in [0.3, 0.4) is 0 Å². The van der Waals surface area contributed by atoms with Crippen LogP contribution in [0.25, 0.3) is 11.0 Å². The molecular formula is C14H16N4O. The highest BCUT2D eigenvalue weighted by Crippen LogP contribution is 2.22. The molecule has 1 aromatic heterocycles. The number of anilines is 1. The van der Waals surface area contributed by atoms with Gasteiger partial charge in [-0.25, -0.2) is 4.98 Å². The van der Waals surface area contributed by atoms with Crippen molar-refractivity contribution in [1.82, 2.24) is 9.55 Å². The second-order valence-corrected chi connectivity index (χ2v) is 4.88. The number of fused-ring (bicyclic) bond motifs is 1. The van der Waals surface area contributed by atoms with E-state index in [9.17, 15) is 0 Å². The Labute approximate surface area is 111 Å². The van der Waals surface area contributed by atoms with Gasteiger partial charge < -0.3 is 15.0 Å². The number of nitrogens with two attached hydrogens (primary N) is 1. The first-order valence-corrected chi connectivity index (χ1v) is 6.55. The summed E-state index contributed by atoms with van der Waals surface area (Å²) >= 11 is 0. The number of hydrogen-bond donors (Lipinski definition) is 1. The molecule has 0 radical (unpaired) electrons. The molecule has 98 valence electrons. The maximum Gasteiger partial charge on any atom is 0.201 e. The van der Waals surface area contributed by atoms with E-state index in [4.69, 9.17) is 15.7 Å². The second kappa shape index (κ2) is 4.90. The predicted octanol–water partition coefficient (Wildman–Crippen LogP) is 2.06. The smallest absolute Gasteiger partial charge is 0.201 e. The number of nitrogens with zero attached hydrogens (tertiary/aromatic N) is 3. The van der Waals surface area contributed by atoms with Gasteiger partial charge in [0.25, 0.3) is 0 Å². The fraction of sp³-hybridized carbons (Fsp3) is 0.429. The zero-order valence-corrected chi connectivity index (χ0v) is 10.7. The highest BCUT2D eigenvalue weighted by atomic mass is 16.5. The third-order valence-corrected chi connectivity index (χ3v) is 3.57. The van der Waals surface area contributed by atoms with E-state index >= 15 is 0 Å². The SMILES string of the molecule is N#Cc1ccc2nc(N)n(CC3CCCCO3)c2c1. The van der Waals surface area contributed by atoms with Crippen LogP contribution >= 0.6 is 0 Å². The van der Waals surface area contributed by atoms with Crippen molar-refractivity contribution < 1.29 is 4.74 Å². The second-order valence-electron chi connectivity index (χ2n) is 4.88. The minimum Gasteiger partial charge on any atom is -0.376 e. The summed E-state index contributed by atoms with van der Waals surface area (Å²) in [4.78, 5) is 4.33. The number of nitrogen functional groups attached to an aromatic ring is 1. The molecular weight excluding hydrogens is 240 g/mol. The standard InChI is InChI=1S/C14H16N4O/c15-8-10-4-5-12-13(7-10)18(14(16)17-12)9-11-3-1-2-6-19-11/h4-5,7,11H,1-3,6,9H2,(H2,16,17). The molecule has 1 fully saturated rings. The lowest BCUT2D eigenvalue weighted by atomic mass is 10.1. The van der Waals surface area contributed by atoms with E-state index in [1.54, 1.807) is 6.07 Å². The van der Waals surface area contributed by atoms with Crippen LogP contribution in [0.1, 0.15) is 24.8 Å². The minimum absolute atomic E-state index is 0.194. The Bertz CT molecular complexity index is 635. The molecule has 0 amide bonds. The molecule has 0 bridgehead atoms. The topological polar surface area (TPSA) is 76.9 Å². The van der Waals surface area contributed by atoms with Crippen molar-refractivity contribution in [2.45, 2.75) is 31.9 Å². The molecule has 2 N–H and O–H groups in total. The molecule has 1 aliphatic rings. The zero-order chi connectivity index (χ0) is 13.2. The fourth-order valence-corrected chi connectivity index (χ4v) is 2.56. The van der Waals surface area contributed by atoms with Crippen LogP contribution in [0.4, 0.5) is 5.95 Å². The van der Waals surface area contributed by atoms with Gasteiger partial charge in [-0.1, -0.05) is 0 Å². The van der Waals surface area contributed by atoms with Crippen LogP contribution in [0.2, 0.25) is 0 Å². The van der Waals surface area contributed by atoms with Gasteiger partial charge in [0.05, 0.1) is 35.3 Å². The Hall–Kier alpha value is -2.06. The van der Waals surface area contributed by atoms with Gasteiger partial charge in [-0.3, -0.25) is 0 Å².